The summed E-state index contributed by atoms with van der Waals surface area (Å²) in [6.07, 6.45) is 0.481. The minimum absolute atomic E-state index is 0.105. The van der Waals surface area contributed by atoms with Gasteiger partial charge < -0.3 is 4.90 Å². The third-order valence-corrected chi connectivity index (χ3v) is 3.46. The first kappa shape index (κ1) is 14.6. The minimum Gasteiger partial charge on any atom is -0.308 e. The molecule has 0 aromatic heterocycles. The van der Waals surface area contributed by atoms with Gasteiger partial charge in [-0.15, -0.1) is 0 Å². The van der Waals surface area contributed by atoms with Gasteiger partial charge in [-0.05, 0) is 36.8 Å². The Labute approximate surface area is 125 Å². The topological polar surface area (TPSA) is 20.3 Å². The highest BCUT2D eigenvalue weighted by Crippen LogP contribution is 2.21. The molecule has 0 aliphatic carbocycles. The third-order valence-electron chi connectivity index (χ3n) is 3.20. The smallest absolute Gasteiger partial charge is 0.227 e. The molecule has 2 nitrogen and oxygen atoms in total. The number of rotatable bonds is 4. The lowest BCUT2D eigenvalue weighted by Crippen LogP contribution is -2.29. The van der Waals surface area contributed by atoms with Crippen LogP contribution in [-0.2, 0) is 11.3 Å². The van der Waals surface area contributed by atoms with Crippen LogP contribution in [0.4, 0.5) is 5.69 Å². The third kappa shape index (κ3) is 3.61. The Morgan fingerprint density at radius 1 is 1.05 bits per heavy atom. The van der Waals surface area contributed by atoms with Crippen molar-refractivity contribution < 1.29 is 4.79 Å². The average molecular weight is 288 g/mol. The standard InChI is InChI=1S/C17H18ClNO/c1-3-17(20)19(16-10-8-15(18)9-11-16)12-14-6-4-13(2)5-7-14/h4-11H,3,12H2,1-2H3. The van der Waals surface area contributed by atoms with Gasteiger partial charge in [-0.3, -0.25) is 4.79 Å². The molecule has 2 aromatic carbocycles. The fourth-order valence-electron chi connectivity index (χ4n) is 2.01. The largest absolute Gasteiger partial charge is 0.308 e. The lowest BCUT2D eigenvalue weighted by Gasteiger charge is -2.22. The van der Waals surface area contributed by atoms with Gasteiger partial charge in [0.25, 0.3) is 0 Å². The van der Waals surface area contributed by atoms with E-state index in [1.54, 1.807) is 4.90 Å². The Morgan fingerprint density at radius 2 is 1.65 bits per heavy atom. The second-order valence-electron chi connectivity index (χ2n) is 4.80. The average Bonchev–Trinajstić information content (AvgIpc) is 2.47. The summed E-state index contributed by atoms with van der Waals surface area (Å²) in [5.41, 5.74) is 3.21. The van der Waals surface area contributed by atoms with Crippen LogP contribution in [0.1, 0.15) is 24.5 Å². The lowest BCUT2D eigenvalue weighted by atomic mass is 10.1. The van der Waals surface area contributed by atoms with Crippen molar-refractivity contribution in [1.29, 1.82) is 0 Å². The monoisotopic (exact) mass is 287 g/mol. The molecule has 2 aromatic rings. The number of hydrogen-bond donors (Lipinski definition) is 0. The molecule has 0 unspecified atom stereocenters. The fraction of sp³-hybridized carbons (Fsp3) is 0.235. The number of amides is 1. The van der Waals surface area contributed by atoms with Crippen LogP contribution in [0.5, 0.6) is 0 Å². The highest BCUT2D eigenvalue weighted by molar-refractivity contribution is 6.30. The summed E-state index contributed by atoms with van der Waals surface area (Å²) in [6, 6.07) is 15.6. The number of anilines is 1. The van der Waals surface area contributed by atoms with Crippen LogP contribution >= 0.6 is 11.6 Å². The van der Waals surface area contributed by atoms with Crippen molar-refractivity contribution in [3.8, 4) is 0 Å². The van der Waals surface area contributed by atoms with Crippen molar-refractivity contribution in [2.45, 2.75) is 26.8 Å². The van der Waals surface area contributed by atoms with Gasteiger partial charge in [-0.1, -0.05) is 48.4 Å². The molecule has 0 N–H and O–H groups in total. The Bertz CT molecular complexity index is 575. The molecule has 0 saturated carbocycles. The number of benzene rings is 2. The Kier molecular flexibility index (Phi) is 4.80. The summed E-state index contributed by atoms with van der Waals surface area (Å²) >= 11 is 5.90. The van der Waals surface area contributed by atoms with Gasteiger partial charge >= 0.3 is 0 Å². The summed E-state index contributed by atoms with van der Waals surface area (Å²) in [5, 5.41) is 0.674. The summed E-state index contributed by atoms with van der Waals surface area (Å²) < 4.78 is 0. The highest BCUT2D eigenvalue weighted by atomic mass is 35.5. The molecule has 1 amide bonds. The number of carbonyl (C=O) groups is 1. The Hall–Kier alpha value is -1.80. The van der Waals surface area contributed by atoms with Crippen LogP contribution in [0, 0.1) is 6.92 Å². The van der Waals surface area contributed by atoms with Crippen LogP contribution in [0.25, 0.3) is 0 Å². The van der Waals surface area contributed by atoms with E-state index in [0.717, 1.165) is 11.3 Å². The van der Waals surface area contributed by atoms with Crippen LogP contribution in [0.15, 0.2) is 48.5 Å². The Balaban J connectivity index is 2.26. The molecule has 0 saturated heterocycles. The fourth-order valence-corrected chi connectivity index (χ4v) is 2.14. The number of hydrogen-bond acceptors (Lipinski definition) is 1. The summed E-state index contributed by atoms with van der Waals surface area (Å²) in [4.78, 5) is 14.0. The maximum atomic E-state index is 12.2. The molecule has 20 heavy (non-hydrogen) atoms. The lowest BCUT2D eigenvalue weighted by molar-refractivity contribution is -0.118. The van der Waals surface area contributed by atoms with E-state index in [-0.39, 0.29) is 5.91 Å². The Morgan fingerprint density at radius 3 is 2.20 bits per heavy atom. The van der Waals surface area contributed by atoms with Gasteiger partial charge in [0.2, 0.25) is 5.91 Å². The molecule has 0 fully saturated rings. The number of nitrogens with zero attached hydrogens (tertiary/aromatic N) is 1. The van der Waals surface area contributed by atoms with E-state index in [0.29, 0.717) is 18.0 Å². The van der Waals surface area contributed by atoms with E-state index in [4.69, 9.17) is 11.6 Å². The van der Waals surface area contributed by atoms with Crippen LogP contribution in [-0.4, -0.2) is 5.91 Å². The summed E-state index contributed by atoms with van der Waals surface area (Å²) in [7, 11) is 0. The predicted octanol–water partition coefficient (Wildman–Crippen LogP) is 4.59. The van der Waals surface area contributed by atoms with Gasteiger partial charge in [-0.25, -0.2) is 0 Å². The molecule has 0 aliphatic rings. The van der Waals surface area contributed by atoms with Crippen molar-refractivity contribution in [2.24, 2.45) is 0 Å². The molecular formula is C17H18ClNO. The maximum Gasteiger partial charge on any atom is 0.227 e. The summed E-state index contributed by atoms with van der Waals surface area (Å²) in [6.45, 7) is 4.51. The molecular weight excluding hydrogens is 270 g/mol. The number of halogens is 1. The normalized spacial score (nSPS) is 10.3. The molecule has 0 aliphatic heterocycles. The van der Waals surface area contributed by atoms with Crippen molar-refractivity contribution in [2.75, 3.05) is 4.90 Å². The van der Waals surface area contributed by atoms with Crippen molar-refractivity contribution in [1.82, 2.24) is 0 Å². The second-order valence-corrected chi connectivity index (χ2v) is 5.23. The first-order valence-electron chi connectivity index (χ1n) is 6.71. The first-order chi connectivity index (χ1) is 9.60. The zero-order valence-electron chi connectivity index (χ0n) is 11.8. The quantitative estimate of drug-likeness (QED) is 0.805. The van der Waals surface area contributed by atoms with E-state index in [1.165, 1.54) is 5.56 Å². The predicted molar refractivity (Wildman–Crippen MR) is 84.1 cm³/mol. The van der Waals surface area contributed by atoms with E-state index < -0.39 is 0 Å². The van der Waals surface area contributed by atoms with Crippen molar-refractivity contribution in [3.05, 3.63) is 64.7 Å². The van der Waals surface area contributed by atoms with Crippen molar-refractivity contribution in [3.63, 3.8) is 0 Å². The summed E-state index contributed by atoms with van der Waals surface area (Å²) in [5.74, 6) is 0.105. The first-order valence-corrected chi connectivity index (χ1v) is 7.09. The van der Waals surface area contributed by atoms with Crippen molar-refractivity contribution >= 4 is 23.2 Å². The van der Waals surface area contributed by atoms with Crippen LogP contribution < -0.4 is 4.90 Å². The van der Waals surface area contributed by atoms with E-state index in [2.05, 4.69) is 31.2 Å². The molecule has 0 atom stereocenters. The highest BCUT2D eigenvalue weighted by Gasteiger charge is 2.14. The van der Waals surface area contributed by atoms with Gasteiger partial charge in [0.05, 0.1) is 6.54 Å². The van der Waals surface area contributed by atoms with Gasteiger partial charge in [0.1, 0.15) is 0 Å². The SMILES string of the molecule is CCC(=O)N(Cc1ccc(C)cc1)c1ccc(Cl)cc1. The van der Waals surface area contributed by atoms with Gasteiger partial charge in [0.15, 0.2) is 0 Å². The van der Waals surface area contributed by atoms with Gasteiger partial charge in [0, 0.05) is 17.1 Å². The van der Waals surface area contributed by atoms with Crippen LogP contribution in [0.2, 0.25) is 5.02 Å². The zero-order chi connectivity index (χ0) is 14.5. The van der Waals surface area contributed by atoms with Gasteiger partial charge in [-0.2, -0.15) is 0 Å². The van der Waals surface area contributed by atoms with Crippen LogP contribution in [0.3, 0.4) is 0 Å². The molecule has 0 spiro atoms. The number of carbonyl (C=O) groups excluding carboxylic acids is 1. The number of aryl methyl sites for hydroxylation is 1. The molecule has 0 bridgehead atoms. The zero-order valence-corrected chi connectivity index (χ0v) is 12.5. The molecule has 0 radical (unpaired) electrons. The molecule has 2 rings (SSSR count). The minimum atomic E-state index is 0.105. The van der Waals surface area contributed by atoms with E-state index in [9.17, 15) is 4.79 Å². The molecule has 104 valence electrons. The molecule has 0 heterocycles. The maximum absolute atomic E-state index is 12.2. The second kappa shape index (κ2) is 6.58. The van der Waals surface area contributed by atoms with E-state index >= 15 is 0 Å². The van der Waals surface area contributed by atoms with E-state index in [1.807, 2.05) is 31.2 Å². The molecule has 3 heteroatoms.